The van der Waals surface area contributed by atoms with E-state index in [9.17, 15) is 9.67 Å². The predicted octanol–water partition coefficient (Wildman–Crippen LogP) is 2.57. The molecule has 2 aromatic rings. The Kier molecular flexibility index (Phi) is 7.47. The van der Waals surface area contributed by atoms with Crippen LogP contribution >= 0.6 is 7.37 Å². The number of benzene rings is 1. The lowest BCUT2D eigenvalue weighted by Gasteiger charge is -2.13. The van der Waals surface area contributed by atoms with Crippen molar-refractivity contribution in [2.75, 3.05) is 34.6 Å². The molecule has 0 bridgehead atoms. The zero-order chi connectivity index (χ0) is 20.7. The van der Waals surface area contributed by atoms with E-state index in [0.29, 0.717) is 40.7 Å². The molecule has 0 aliphatic carbocycles. The van der Waals surface area contributed by atoms with Crippen molar-refractivity contribution in [1.29, 1.82) is 0 Å². The molecule has 0 saturated heterocycles. The number of aromatic nitrogens is 1. The highest BCUT2D eigenvalue weighted by Crippen LogP contribution is 2.40. The van der Waals surface area contributed by atoms with Crippen LogP contribution in [-0.4, -0.2) is 44.7 Å². The van der Waals surface area contributed by atoms with Crippen molar-refractivity contribution in [2.24, 2.45) is 0 Å². The Labute approximate surface area is 165 Å². The minimum Gasteiger partial charge on any atom is -0.496 e. The van der Waals surface area contributed by atoms with E-state index in [1.54, 1.807) is 38.3 Å². The van der Waals surface area contributed by atoms with E-state index in [1.807, 2.05) is 0 Å². The number of nitrogens with zero attached hydrogens (tertiary/aromatic N) is 1. The maximum absolute atomic E-state index is 12.7. The van der Waals surface area contributed by atoms with Crippen LogP contribution in [0.15, 0.2) is 24.3 Å². The molecule has 0 spiro atoms. The number of hydrogen-bond donors (Lipinski definition) is 1. The maximum Gasteiger partial charge on any atom is 0.247 e. The molecule has 0 aliphatic heterocycles. The average molecular weight is 405 g/mol. The summed E-state index contributed by atoms with van der Waals surface area (Å²) in [6.45, 7) is 3.24. The number of aliphatic hydroxyl groups excluding tert-OH is 1. The topological polar surface area (TPSA) is 87.1 Å². The zero-order valence-electron chi connectivity index (χ0n) is 16.6. The van der Waals surface area contributed by atoms with E-state index >= 15 is 0 Å². The molecule has 1 N–H and O–H groups in total. The van der Waals surface area contributed by atoms with Gasteiger partial charge in [-0.25, -0.2) is 4.98 Å². The van der Waals surface area contributed by atoms with Crippen molar-refractivity contribution in [2.45, 2.75) is 13.5 Å². The van der Waals surface area contributed by atoms with Crippen LogP contribution in [0, 0.1) is 11.8 Å². The summed E-state index contributed by atoms with van der Waals surface area (Å²) in [4.78, 5) is 4.22. The van der Waals surface area contributed by atoms with E-state index in [0.717, 1.165) is 0 Å². The van der Waals surface area contributed by atoms with Gasteiger partial charge in [0.25, 0.3) is 0 Å². The van der Waals surface area contributed by atoms with E-state index in [2.05, 4.69) is 16.8 Å². The van der Waals surface area contributed by atoms with Crippen LogP contribution < -0.4 is 19.6 Å². The molecule has 0 amide bonds. The number of pyridine rings is 1. The molecule has 7 nitrogen and oxygen atoms in total. The molecule has 0 aliphatic rings. The first-order valence-electron chi connectivity index (χ1n) is 8.55. The van der Waals surface area contributed by atoms with E-state index in [4.69, 9.17) is 18.7 Å². The van der Waals surface area contributed by atoms with Crippen LogP contribution in [0.1, 0.15) is 23.7 Å². The van der Waals surface area contributed by atoms with Gasteiger partial charge in [-0.3, -0.25) is 4.57 Å². The molecule has 0 radical (unpaired) electrons. The van der Waals surface area contributed by atoms with Gasteiger partial charge in [-0.2, -0.15) is 0 Å². The Morgan fingerprint density at radius 2 is 1.68 bits per heavy atom. The highest BCUT2D eigenvalue weighted by atomic mass is 31.2. The largest absolute Gasteiger partial charge is 0.496 e. The lowest BCUT2D eigenvalue weighted by molar-refractivity contribution is 0.277. The molecular weight excluding hydrogens is 381 g/mol. The zero-order valence-corrected chi connectivity index (χ0v) is 17.5. The Morgan fingerprint density at radius 3 is 2.18 bits per heavy atom. The second-order valence-corrected chi connectivity index (χ2v) is 8.19. The van der Waals surface area contributed by atoms with Gasteiger partial charge in [-0.05, 0) is 19.1 Å². The van der Waals surface area contributed by atoms with E-state index in [1.165, 1.54) is 20.9 Å². The molecule has 0 saturated carbocycles. The third-order valence-corrected chi connectivity index (χ3v) is 5.68. The minimum atomic E-state index is -3.10. The summed E-state index contributed by atoms with van der Waals surface area (Å²) in [6, 6.07) is 6.65. The fourth-order valence-corrected chi connectivity index (χ4v) is 3.82. The van der Waals surface area contributed by atoms with Crippen molar-refractivity contribution in [3.05, 3.63) is 41.1 Å². The summed E-state index contributed by atoms with van der Waals surface area (Å²) in [7, 11) is 1.51. The van der Waals surface area contributed by atoms with Gasteiger partial charge >= 0.3 is 0 Å². The fraction of sp³-hybridized carbons (Fsp3) is 0.350. The standard InChI is InChI=1S/C20H24NO6P/c1-6-27-28(5,23)20-10-14(9-15(13-22)21-20)7-8-17-18(25-3)11-16(24-2)12-19(17)26-4/h9-12,22H,6,13H2,1-5H3. The number of rotatable bonds is 7. The first-order chi connectivity index (χ1) is 13.4. The average Bonchev–Trinajstić information content (AvgIpc) is 2.71. The highest BCUT2D eigenvalue weighted by Gasteiger charge is 2.21. The molecule has 1 aromatic carbocycles. The number of hydrogen-bond acceptors (Lipinski definition) is 7. The normalized spacial score (nSPS) is 12.5. The van der Waals surface area contributed by atoms with Gasteiger partial charge in [0.2, 0.25) is 7.37 Å². The third kappa shape index (κ3) is 5.05. The fourth-order valence-electron chi connectivity index (χ4n) is 2.51. The summed E-state index contributed by atoms with van der Waals surface area (Å²) in [5, 5.41) is 9.49. The monoisotopic (exact) mass is 405 g/mol. The van der Waals surface area contributed by atoms with Crippen molar-refractivity contribution < 1.29 is 28.4 Å². The van der Waals surface area contributed by atoms with E-state index < -0.39 is 7.37 Å². The quantitative estimate of drug-likeness (QED) is 0.560. The number of ether oxygens (including phenoxy) is 3. The van der Waals surface area contributed by atoms with Gasteiger partial charge in [0.05, 0.1) is 40.2 Å². The second kappa shape index (κ2) is 9.61. The Morgan fingerprint density at radius 1 is 1.04 bits per heavy atom. The van der Waals surface area contributed by atoms with Gasteiger partial charge in [0.15, 0.2) is 0 Å². The van der Waals surface area contributed by atoms with E-state index in [-0.39, 0.29) is 12.0 Å². The molecule has 1 heterocycles. The summed E-state index contributed by atoms with van der Waals surface area (Å²) in [6.07, 6.45) is 0. The summed E-state index contributed by atoms with van der Waals surface area (Å²) >= 11 is 0. The van der Waals surface area contributed by atoms with Crippen LogP contribution in [0.5, 0.6) is 17.2 Å². The van der Waals surface area contributed by atoms with Crippen molar-refractivity contribution in [3.63, 3.8) is 0 Å². The van der Waals surface area contributed by atoms with Gasteiger partial charge < -0.3 is 23.8 Å². The summed E-state index contributed by atoms with van der Waals surface area (Å²) in [5.74, 6) is 7.59. The van der Waals surface area contributed by atoms with Crippen LogP contribution in [0.25, 0.3) is 0 Å². The molecule has 2 rings (SSSR count). The van der Waals surface area contributed by atoms with Crippen molar-refractivity contribution in [1.82, 2.24) is 4.98 Å². The second-order valence-electron chi connectivity index (χ2n) is 5.78. The maximum atomic E-state index is 12.7. The van der Waals surface area contributed by atoms with Crippen LogP contribution in [0.4, 0.5) is 0 Å². The van der Waals surface area contributed by atoms with Crippen LogP contribution in [0.3, 0.4) is 0 Å². The first kappa shape index (κ1) is 21.8. The number of aliphatic hydroxyl groups is 1. The minimum absolute atomic E-state index is 0.263. The molecule has 28 heavy (non-hydrogen) atoms. The summed E-state index contributed by atoms with van der Waals surface area (Å²) in [5.41, 5.74) is 1.70. The molecular formula is C20H24NO6P. The smallest absolute Gasteiger partial charge is 0.247 e. The molecule has 1 aromatic heterocycles. The van der Waals surface area contributed by atoms with Gasteiger partial charge in [-0.1, -0.05) is 11.8 Å². The van der Waals surface area contributed by atoms with Gasteiger partial charge in [0.1, 0.15) is 28.2 Å². The Balaban J connectivity index is 2.56. The third-order valence-electron chi connectivity index (χ3n) is 3.87. The molecule has 0 fully saturated rings. The number of methoxy groups -OCH3 is 3. The van der Waals surface area contributed by atoms with Gasteiger partial charge in [-0.15, -0.1) is 0 Å². The SMILES string of the molecule is CCOP(C)(=O)c1cc(C#Cc2c(OC)cc(OC)cc2OC)cc(CO)n1. The lowest BCUT2D eigenvalue weighted by atomic mass is 10.1. The predicted molar refractivity (Wildman–Crippen MR) is 107 cm³/mol. The van der Waals surface area contributed by atoms with Crippen LogP contribution in [0.2, 0.25) is 0 Å². The highest BCUT2D eigenvalue weighted by molar-refractivity contribution is 7.65. The first-order valence-corrected chi connectivity index (χ1v) is 10.6. The van der Waals surface area contributed by atoms with Gasteiger partial charge in [0, 0.05) is 24.4 Å². The van der Waals surface area contributed by atoms with Crippen molar-refractivity contribution in [3.8, 4) is 29.1 Å². The Bertz CT molecular complexity index is 922. The molecule has 150 valence electrons. The van der Waals surface area contributed by atoms with Crippen molar-refractivity contribution >= 4 is 12.8 Å². The molecule has 8 heteroatoms. The van der Waals surface area contributed by atoms with Crippen LogP contribution in [-0.2, 0) is 15.7 Å². The Hall–Kier alpha value is -2.52. The molecule has 1 unspecified atom stereocenters. The lowest BCUT2D eigenvalue weighted by Crippen LogP contribution is -2.14. The summed E-state index contributed by atoms with van der Waals surface area (Å²) < 4.78 is 34.1. The molecule has 1 atom stereocenters.